The summed E-state index contributed by atoms with van der Waals surface area (Å²) in [7, 11) is 1.61. The van der Waals surface area contributed by atoms with Gasteiger partial charge in [0.25, 0.3) is 0 Å². The third-order valence-electron chi connectivity index (χ3n) is 2.40. The van der Waals surface area contributed by atoms with Gasteiger partial charge in [0.1, 0.15) is 11.5 Å². The molecule has 0 aliphatic rings. The maximum atomic E-state index is 5.66. The lowest BCUT2D eigenvalue weighted by molar-refractivity contribution is 0.410. The van der Waals surface area contributed by atoms with Crippen LogP contribution in [0, 0.1) is 0 Å². The van der Waals surface area contributed by atoms with Crippen LogP contribution in [-0.4, -0.2) is 32.4 Å². The molecule has 0 bridgehead atoms. The quantitative estimate of drug-likeness (QED) is 0.735. The van der Waals surface area contributed by atoms with E-state index in [9.17, 15) is 0 Å². The summed E-state index contributed by atoms with van der Waals surface area (Å²) in [6.07, 6.45) is 0. The summed E-state index contributed by atoms with van der Waals surface area (Å²) >= 11 is 3.41. The molecule has 0 fully saturated rings. The molecule has 2 heterocycles. The normalized spacial score (nSPS) is 10.6. The molecule has 0 spiro atoms. The topological polar surface area (TPSA) is 74.4 Å². The van der Waals surface area contributed by atoms with Gasteiger partial charge in [0.15, 0.2) is 5.65 Å². The minimum Gasteiger partial charge on any atom is -0.497 e. The standard InChI is InChI=1S/C11H8BrN5O2/c1-18-7-2-3-9(8(12)6-7)19-11-5-4-10-13-15-16-17(10)14-11/h2-6H,1H3. The lowest BCUT2D eigenvalue weighted by Crippen LogP contribution is -1.97. The van der Waals surface area contributed by atoms with Crippen molar-refractivity contribution in [3.8, 4) is 17.4 Å². The number of hydrogen-bond donors (Lipinski definition) is 0. The van der Waals surface area contributed by atoms with E-state index >= 15 is 0 Å². The Labute approximate surface area is 116 Å². The maximum Gasteiger partial charge on any atom is 0.239 e. The number of tetrazole rings is 1. The summed E-state index contributed by atoms with van der Waals surface area (Å²) in [5, 5.41) is 15.1. The average molecular weight is 322 g/mol. The molecule has 7 nitrogen and oxygen atoms in total. The zero-order valence-corrected chi connectivity index (χ0v) is 11.4. The second-order valence-corrected chi connectivity index (χ2v) is 4.45. The monoisotopic (exact) mass is 321 g/mol. The van der Waals surface area contributed by atoms with Gasteiger partial charge in [-0.15, -0.1) is 14.8 Å². The molecule has 0 atom stereocenters. The van der Waals surface area contributed by atoms with E-state index in [0.717, 1.165) is 10.2 Å². The van der Waals surface area contributed by atoms with Crippen molar-refractivity contribution in [3.05, 3.63) is 34.8 Å². The van der Waals surface area contributed by atoms with Crippen LogP contribution in [0.1, 0.15) is 0 Å². The van der Waals surface area contributed by atoms with Crippen molar-refractivity contribution in [2.45, 2.75) is 0 Å². The number of ether oxygens (including phenoxy) is 2. The number of benzene rings is 1. The fourth-order valence-electron chi connectivity index (χ4n) is 1.49. The van der Waals surface area contributed by atoms with E-state index in [1.165, 1.54) is 4.63 Å². The molecule has 96 valence electrons. The highest BCUT2D eigenvalue weighted by atomic mass is 79.9. The number of aromatic nitrogens is 5. The first kappa shape index (κ1) is 11.8. The van der Waals surface area contributed by atoms with Crippen LogP contribution in [-0.2, 0) is 0 Å². The highest BCUT2D eigenvalue weighted by molar-refractivity contribution is 9.10. The molecule has 0 aliphatic heterocycles. The molecule has 19 heavy (non-hydrogen) atoms. The lowest BCUT2D eigenvalue weighted by atomic mass is 10.3. The van der Waals surface area contributed by atoms with E-state index in [1.807, 2.05) is 6.07 Å². The lowest BCUT2D eigenvalue weighted by Gasteiger charge is -2.07. The van der Waals surface area contributed by atoms with Crippen molar-refractivity contribution >= 4 is 21.6 Å². The third kappa shape index (κ3) is 2.34. The van der Waals surface area contributed by atoms with Gasteiger partial charge in [-0.1, -0.05) is 0 Å². The van der Waals surface area contributed by atoms with Gasteiger partial charge in [0, 0.05) is 6.07 Å². The van der Waals surface area contributed by atoms with E-state index in [0.29, 0.717) is 17.3 Å². The van der Waals surface area contributed by atoms with Crippen molar-refractivity contribution in [3.63, 3.8) is 0 Å². The summed E-state index contributed by atoms with van der Waals surface area (Å²) in [6.45, 7) is 0. The molecule has 0 saturated carbocycles. The molecule has 0 radical (unpaired) electrons. The number of halogens is 1. The van der Waals surface area contributed by atoms with Crippen LogP contribution in [0.15, 0.2) is 34.8 Å². The van der Waals surface area contributed by atoms with Gasteiger partial charge in [0.2, 0.25) is 5.88 Å². The Hall–Kier alpha value is -2.22. The first-order valence-electron chi connectivity index (χ1n) is 5.33. The molecular weight excluding hydrogens is 314 g/mol. The molecule has 8 heteroatoms. The molecule has 0 saturated heterocycles. The fraction of sp³-hybridized carbons (Fsp3) is 0.0909. The zero-order valence-electron chi connectivity index (χ0n) is 9.82. The molecule has 1 aromatic carbocycles. The number of nitrogens with zero attached hydrogens (tertiary/aromatic N) is 5. The highest BCUT2D eigenvalue weighted by Gasteiger charge is 2.07. The molecule has 3 aromatic rings. The van der Waals surface area contributed by atoms with Crippen LogP contribution < -0.4 is 9.47 Å². The summed E-state index contributed by atoms with van der Waals surface area (Å²) in [5.41, 5.74) is 0.557. The van der Waals surface area contributed by atoms with Gasteiger partial charge in [-0.25, -0.2) is 0 Å². The third-order valence-corrected chi connectivity index (χ3v) is 3.02. The van der Waals surface area contributed by atoms with Crippen molar-refractivity contribution in [1.29, 1.82) is 0 Å². The molecular formula is C11H8BrN5O2. The summed E-state index contributed by atoms with van der Waals surface area (Å²) < 4.78 is 12.8. The minimum absolute atomic E-state index is 0.394. The van der Waals surface area contributed by atoms with E-state index < -0.39 is 0 Å². The second kappa shape index (κ2) is 4.81. The van der Waals surface area contributed by atoms with Gasteiger partial charge in [-0.3, -0.25) is 0 Å². The number of fused-ring (bicyclic) bond motifs is 1. The largest absolute Gasteiger partial charge is 0.497 e. The van der Waals surface area contributed by atoms with Gasteiger partial charge >= 0.3 is 0 Å². The van der Waals surface area contributed by atoms with Gasteiger partial charge in [-0.2, -0.15) is 0 Å². The summed E-state index contributed by atoms with van der Waals surface area (Å²) in [6, 6.07) is 8.82. The van der Waals surface area contributed by atoms with Crippen LogP contribution in [0.2, 0.25) is 0 Å². The highest BCUT2D eigenvalue weighted by Crippen LogP contribution is 2.31. The van der Waals surface area contributed by atoms with Crippen LogP contribution >= 0.6 is 15.9 Å². The first-order valence-corrected chi connectivity index (χ1v) is 6.12. The Balaban J connectivity index is 1.91. The fourth-order valence-corrected chi connectivity index (χ4v) is 1.93. The van der Waals surface area contributed by atoms with Crippen molar-refractivity contribution in [2.75, 3.05) is 7.11 Å². The van der Waals surface area contributed by atoms with E-state index in [2.05, 4.69) is 36.6 Å². The molecule has 0 N–H and O–H groups in total. The first-order chi connectivity index (χ1) is 9.26. The van der Waals surface area contributed by atoms with Crippen LogP contribution in [0.3, 0.4) is 0 Å². The molecule has 3 rings (SSSR count). The number of rotatable bonds is 3. The number of methoxy groups -OCH3 is 1. The summed E-state index contributed by atoms with van der Waals surface area (Å²) in [4.78, 5) is 0. The number of hydrogen-bond acceptors (Lipinski definition) is 6. The van der Waals surface area contributed by atoms with E-state index in [4.69, 9.17) is 9.47 Å². The molecule has 2 aromatic heterocycles. The van der Waals surface area contributed by atoms with Gasteiger partial charge in [0.05, 0.1) is 11.6 Å². The Morgan fingerprint density at radius 1 is 1.21 bits per heavy atom. The van der Waals surface area contributed by atoms with Crippen molar-refractivity contribution in [2.24, 2.45) is 0 Å². The van der Waals surface area contributed by atoms with Gasteiger partial charge < -0.3 is 9.47 Å². The maximum absolute atomic E-state index is 5.66. The molecule has 0 amide bonds. The predicted molar refractivity (Wildman–Crippen MR) is 69.3 cm³/mol. The predicted octanol–water partition coefficient (Wildman–Crippen LogP) is 2.08. The molecule has 0 aliphatic carbocycles. The smallest absolute Gasteiger partial charge is 0.239 e. The minimum atomic E-state index is 0.394. The van der Waals surface area contributed by atoms with Crippen LogP contribution in [0.4, 0.5) is 0 Å². The Morgan fingerprint density at radius 2 is 2.11 bits per heavy atom. The average Bonchev–Trinajstić information content (AvgIpc) is 2.88. The Morgan fingerprint density at radius 3 is 2.89 bits per heavy atom. The summed E-state index contributed by atoms with van der Waals surface area (Å²) in [5.74, 6) is 1.76. The molecule has 0 unspecified atom stereocenters. The van der Waals surface area contributed by atoms with Crippen LogP contribution in [0.5, 0.6) is 17.4 Å². The van der Waals surface area contributed by atoms with Crippen molar-refractivity contribution < 1.29 is 9.47 Å². The van der Waals surface area contributed by atoms with E-state index in [1.54, 1.807) is 31.4 Å². The van der Waals surface area contributed by atoms with Crippen molar-refractivity contribution in [1.82, 2.24) is 25.3 Å². The van der Waals surface area contributed by atoms with E-state index in [-0.39, 0.29) is 0 Å². The Bertz CT molecular complexity index is 730. The van der Waals surface area contributed by atoms with Crippen LogP contribution in [0.25, 0.3) is 5.65 Å². The Kier molecular flexibility index (Phi) is 3.00. The zero-order chi connectivity index (χ0) is 13.2. The SMILES string of the molecule is COc1ccc(Oc2ccc3nnnn3n2)c(Br)c1. The van der Waals surface area contributed by atoms with Gasteiger partial charge in [-0.05, 0) is 50.6 Å². The second-order valence-electron chi connectivity index (χ2n) is 3.60.